The van der Waals surface area contributed by atoms with Crippen molar-refractivity contribution in [2.45, 2.75) is 12.6 Å². The summed E-state index contributed by atoms with van der Waals surface area (Å²) in [6.07, 6.45) is 1.75. The van der Waals surface area contributed by atoms with Crippen molar-refractivity contribution in [1.82, 2.24) is 24.8 Å². The highest BCUT2D eigenvalue weighted by molar-refractivity contribution is 5.78. The maximum absolute atomic E-state index is 14.6. The van der Waals surface area contributed by atoms with Crippen molar-refractivity contribution in [3.63, 3.8) is 0 Å². The summed E-state index contributed by atoms with van der Waals surface area (Å²) in [4.78, 5) is 6.37. The standard InChI is InChI=1S/C18H20F2N6/c1-21-12-8-25(9-12)10-14-15(19)6-11(7-16(14)20)13-4-3-5-26-17(13)23-18(22-2)24-26/h3-7,12,21H,8-10H2,1-2H3,(H,22,24). The van der Waals surface area contributed by atoms with Crippen LogP contribution in [0.1, 0.15) is 5.56 Å². The van der Waals surface area contributed by atoms with Crippen LogP contribution < -0.4 is 10.6 Å². The van der Waals surface area contributed by atoms with Crippen LogP contribution in [-0.2, 0) is 6.54 Å². The molecular weight excluding hydrogens is 338 g/mol. The number of halogens is 2. The van der Waals surface area contributed by atoms with Crippen molar-refractivity contribution in [2.75, 3.05) is 32.5 Å². The number of hydrogen-bond acceptors (Lipinski definition) is 5. The van der Waals surface area contributed by atoms with E-state index in [1.165, 1.54) is 12.1 Å². The maximum Gasteiger partial charge on any atom is 0.242 e. The number of aromatic nitrogens is 3. The van der Waals surface area contributed by atoms with Gasteiger partial charge in [0.2, 0.25) is 5.95 Å². The van der Waals surface area contributed by atoms with Crippen LogP contribution >= 0.6 is 0 Å². The fraction of sp³-hybridized carbons (Fsp3) is 0.333. The molecule has 8 heteroatoms. The fourth-order valence-electron chi connectivity index (χ4n) is 3.25. The Kier molecular flexibility index (Phi) is 4.29. The summed E-state index contributed by atoms with van der Waals surface area (Å²) in [7, 11) is 3.61. The molecule has 1 aliphatic rings. The zero-order chi connectivity index (χ0) is 18.3. The predicted molar refractivity (Wildman–Crippen MR) is 96.0 cm³/mol. The lowest BCUT2D eigenvalue weighted by Gasteiger charge is -2.39. The normalized spacial score (nSPS) is 15.4. The summed E-state index contributed by atoms with van der Waals surface area (Å²) >= 11 is 0. The predicted octanol–water partition coefficient (Wildman–Crippen LogP) is 2.12. The SMILES string of the molecule is CNc1nc2c(-c3cc(F)c(CN4CC(NC)C4)c(F)c3)cccn2n1. The van der Waals surface area contributed by atoms with Crippen LogP contribution in [0.25, 0.3) is 16.8 Å². The minimum absolute atomic E-state index is 0.104. The molecule has 0 unspecified atom stereocenters. The van der Waals surface area contributed by atoms with Gasteiger partial charge in [0, 0.05) is 50.0 Å². The van der Waals surface area contributed by atoms with Gasteiger partial charge in [-0.3, -0.25) is 4.90 Å². The van der Waals surface area contributed by atoms with E-state index in [1.54, 1.807) is 29.9 Å². The average molecular weight is 358 g/mol. The molecule has 0 amide bonds. The number of likely N-dealkylation sites (N-methyl/N-ethyl adjacent to an activating group) is 1. The van der Waals surface area contributed by atoms with Gasteiger partial charge < -0.3 is 10.6 Å². The number of fused-ring (bicyclic) bond motifs is 1. The zero-order valence-corrected chi connectivity index (χ0v) is 14.6. The number of nitrogens with zero attached hydrogens (tertiary/aromatic N) is 4. The summed E-state index contributed by atoms with van der Waals surface area (Å²) in [5.41, 5.74) is 1.72. The molecule has 3 aromatic rings. The van der Waals surface area contributed by atoms with Crippen molar-refractivity contribution in [1.29, 1.82) is 0 Å². The van der Waals surface area contributed by atoms with Gasteiger partial charge in [-0.2, -0.15) is 4.98 Å². The van der Waals surface area contributed by atoms with E-state index in [0.29, 0.717) is 28.8 Å². The second kappa shape index (κ2) is 6.62. The van der Waals surface area contributed by atoms with Crippen LogP contribution in [0.3, 0.4) is 0 Å². The molecule has 2 N–H and O–H groups in total. The molecule has 3 heterocycles. The van der Waals surface area contributed by atoms with E-state index < -0.39 is 11.6 Å². The van der Waals surface area contributed by atoms with Crippen molar-refractivity contribution in [3.8, 4) is 11.1 Å². The Morgan fingerprint density at radius 1 is 1.19 bits per heavy atom. The Morgan fingerprint density at radius 2 is 1.92 bits per heavy atom. The van der Waals surface area contributed by atoms with E-state index in [4.69, 9.17) is 0 Å². The van der Waals surface area contributed by atoms with Gasteiger partial charge in [-0.05, 0) is 36.9 Å². The number of likely N-dealkylation sites (tertiary alicyclic amines) is 1. The summed E-state index contributed by atoms with van der Waals surface area (Å²) in [5, 5.41) is 10.3. The van der Waals surface area contributed by atoms with Gasteiger partial charge in [-0.25, -0.2) is 13.3 Å². The number of rotatable bonds is 5. The molecule has 0 atom stereocenters. The Bertz CT molecular complexity index is 925. The third kappa shape index (κ3) is 2.91. The van der Waals surface area contributed by atoms with Crippen molar-refractivity contribution < 1.29 is 8.78 Å². The van der Waals surface area contributed by atoms with Gasteiger partial charge in [0.1, 0.15) is 11.6 Å². The third-order valence-corrected chi connectivity index (χ3v) is 4.79. The first-order chi connectivity index (χ1) is 12.6. The van der Waals surface area contributed by atoms with Gasteiger partial charge in [-0.15, -0.1) is 5.10 Å². The number of hydrogen-bond donors (Lipinski definition) is 2. The van der Waals surface area contributed by atoms with Crippen LogP contribution in [0.2, 0.25) is 0 Å². The van der Waals surface area contributed by atoms with Gasteiger partial charge in [-0.1, -0.05) is 0 Å². The van der Waals surface area contributed by atoms with Crippen molar-refractivity contribution in [3.05, 3.63) is 47.7 Å². The lowest BCUT2D eigenvalue weighted by atomic mass is 10.0. The average Bonchev–Trinajstić information content (AvgIpc) is 3.02. The van der Waals surface area contributed by atoms with Crippen LogP contribution in [0, 0.1) is 11.6 Å². The summed E-state index contributed by atoms with van der Waals surface area (Å²) in [5.74, 6) is -0.626. The van der Waals surface area contributed by atoms with Gasteiger partial charge >= 0.3 is 0 Å². The van der Waals surface area contributed by atoms with E-state index in [-0.39, 0.29) is 12.1 Å². The highest BCUT2D eigenvalue weighted by Gasteiger charge is 2.27. The van der Waals surface area contributed by atoms with E-state index in [9.17, 15) is 8.78 Å². The largest absolute Gasteiger partial charge is 0.356 e. The quantitative estimate of drug-likeness (QED) is 0.732. The first kappa shape index (κ1) is 16.9. The van der Waals surface area contributed by atoms with Crippen LogP contribution in [0.5, 0.6) is 0 Å². The van der Waals surface area contributed by atoms with Crippen molar-refractivity contribution >= 4 is 11.6 Å². The maximum atomic E-state index is 14.6. The molecule has 6 nitrogen and oxygen atoms in total. The Hall–Kier alpha value is -2.58. The molecular formula is C18H20F2N6. The third-order valence-electron chi connectivity index (χ3n) is 4.79. The second-order valence-corrected chi connectivity index (χ2v) is 6.47. The number of pyridine rings is 1. The highest BCUT2D eigenvalue weighted by atomic mass is 19.1. The zero-order valence-electron chi connectivity index (χ0n) is 14.6. The van der Waals surface area contributed by atoms with Crippen LogP contribution in [-0.4, -0.2) is 52.7 Å². The summed E-state index contributed by atoms with van der Waals surface area (Å²) in [6.45, 7) is 1.86. The second-order valence-electron chi connectivity index (χ2n) is 6.47. The molecule has 0 saturated carbocycles. The minimum atomic E-state index is -0.539. The smallest absolute Gasteiger partial charge is 0.242 e. The molecule has 1 saturated heterocycles. The van der Waals surface area contributed by atoms with E-state index in [1.807, 2.05) is 11.9 Å². The molecule has 1 aromatic carbocycles. The fourth-order valence-corrected chi connectivity index (χ4v) is 3.25. The van der Waals surface area contributed by atoms with E-state index >= 15 is 0 Å². The number of anilines is 1. The molecule has 2 aromatic heterocycles. The Labute approximate surface area is 149 Å². The summed E-state index contributed by atoms with van der Waals surface area (Å²) < 4.78 is 30.8. The Morgan fingerprint density at radius 3 is 2.58 bits per heavy atom. The lowest BCUT2D eigenvalue weighted by Crippen LogP contribution is -2.56. The molecule has 0 radical (unpaired) electrons. The topological polar surface area (TPSA) is 57.5 Å². The molecule has 0 bridgehead atoms. The molecule has 0 aliphatic carbocycles. The monoisotopic (exact) mass is 358 g/mol. The molecule has 1 aliphatic heterocycles. The first-order valence-electron chi connectivity index (χ1n) is 8.50. The van der Waals surface area contributed by atoms with Gasteiger partial charge in [0.25, 0.3) is 0 Å². The van der Waals surface area contributed by atoms with Gasteiger partial charge in [0.05, 0.1) is 0 Å². The van der Waals surface area contributed by atoms with Crippen LogP contribution in [0.4, 0.5) is 14.7 Å². The molecule has 1 fully saturated rings. The number of nitrogens with one attached hydrogen (secondary N) is 2. The lowest BCUT2D eigenvalue weighted by molar-refractivity contribution is 0.120. The van der Waals surface area contributed by atoms with Crippen LogP contribution in [0.15, 0.2) is 30.5 Å². The Balaban J connectivity index is 1.67. The van der Waals surface area contributed by atoms with Gasteiger partial charge in [0.15, 0.2) is 5.65 Å². The highest BCUT2D eigenvalue weighted by Crippen LogP contribution is 2.29. The number of benzene rings is 1. The molecule has 136 valence electrons. The first-order valence-corrected chi connectivity index (χ1v) is 8.50. The minimum Gasteiger partial charge on any atom is -0.356 e. The van der Waals surface area contributed by atoms with E-state index in [2.05, 4.69) is 20.7 Å². The molecule has 26 heavy (non-hydrogen) atoms. The van der Waals surface area contributed by atoms with E-state index in [0.717, 1.165) is 13.1 Å². The summed E-state index contributed by atoms with van der Waals surface area (Å²) in [6, 6.07) is 6.70. The molecule has 0 spiro atoms. The van der Waals surface area contributed by atoms with Crippen molar-refractivity contribution in [2.24, 2.45) is 0 Å². The molecule has 4 rings (SSSR count).